The number of carbonyl (C=O) groups is 1. The summed E-state index contributed by atoms with van der Waals surface area (Å²) < 4.78 is 68.0. The van der Waals surface area contributed by atoms with Gasteiger partial charge in [0, 0.05) is 61.6 Å². The number of carbonyl (C=O) groups excluding carboxylic acids is 1. The minimum absolute atomic E-state index is 0.0868. The Balaban J connectivity index is 1.27. The van der Waals surface area contributed by atoms with Gasteiger partial charge in [0.05, 0.1) is 36.4 Å². The van der Waals surface area contributed by atoms with E-state index >= 15 is 0 Å². The molecule has 0 atom stereocenters. The number of halogens is 4. The summed E-state index contributed by atoms with van der Waals surface area (Å²) in [7, 11) is 1.78. The van der Waals surface area contributed by atoms with Gasteiger partial charge in [-0.3, -0.25) is 9.67 Å². The Morgan fingerprint density at radius 1 is 1.02 bits per heavy atom. The van der Waals surface area contributed by atoms with Crippen LogP contribution in [0.25, 0.3) is 11.3 Å². The first-order chi connectivity index (χ1) is 19.1. The van der Waals surface area contributed by atoms with Crippen molar-refractivity contribution in [2.75, 3.05) is 41.8 Å². The van der Waals surface area contributed by atoms with Gasteiger partial charge in [-0.25, -0.2) is 9.18 Å². The molecule has 1 saturated heterocycles. The number of aryl methyl sites for hydroxylation is 1. The van der Waals surface area contributed by atoms with Crippen LogP contribution in [0.1, 0.15) is 5.56 Å². The lowest BCUT2D eigenvalue weighted by atomic mass is 10.1. The Kier molecular flexibility index (Phi) is 7.56. The van der Waals surface area contributed by atoms with Gasteiger partial charge in [-0.05, 0) is 36.4 Å². The van der Waals surface area contributed by atoms with Crippen molar-refractivity contribution in [3.63, 3.8) is 0 Å². The molecule has 1 aliphatic heterocycles. The molecule has 0 unspecified atom stereocenters. The van der Waals surface area contributed by atoms with Crippen molar-refractivity contribution in [1.29, 1.82) is 0 Å². The molecule has 0 aliphatic carbocycles. The van der Waals surface area contributed by atoms with Gasteiger partial charge in [0.25, 0.3) is 0 Å². The number of nitrogens with one attached hydrogen (secondary N) is 2. The van der Waals surface area contributed by atoms with Crippen molar-refractivity contribution in [1.82, 2.24) is 14.8 Å². The molecular formula is C27H24F4N6O3. The van der Waals surface area contributed by atoms with Crippen molar-refractivity contribution in [2.45, 2.75) is 6.18 Å². The molecule has 0 radical (unpaired) electrons. The predicted molar refractivity (Wildman–Crippen MR) is 140 cm³/mol. The zero-order valence-corrected chi connectivity index (χ0v) is 21.2. The van der Waals surface area contributed by atoms with E-state index in [-0.39, 0.29) is 17.1 Å². The van der Waals surface area contributed by atoms with Crippen LogP contribution in [-0.2, 0) is 18.0 Å². The maximum atomic E-state index is 14.8. The van der Waals surface area contributed by atoms with Crippen LogP contribution < -0.4 is 20.3 Å². The van der Waals surface area contributed by atoms with Crippen LogP contribution in [0.2, 0.25) is 0 Å². The van der Waals surface area contributed by atoms with Gasteiger partial charge in [0.2, 0.25) is 0 Å². The van der Waals surface area contributed by atoms with E-state index in [0.717, 1.165) is 23.8 Å². The molecule has 2 aromatic heterocycles. The fraction of sp³-hybridized carbons (Fsp3) is 0.222. The number of pyridine rings is 1. The molecule has 1 aliphatic rings. The van der Waals surface area contributed by atoms with Gasteiger partial charge in [-0.1, -0.05) is 0 Å². The molecule has 208 valence electrons. The minimum Gasteiger partial charge on any atom is -0.457 e. The highest BCUT2D eigenvalue weighted by atomic mass is 19.4. The number of anilines is 3. The van der Waals surface area contributed by atoms with Crippen molar-refractivity contribution in [3.8, 4) is 22.8 Å². The van der Waals surface area contributed by atoms with Crippen LogP contribution in [0.5, 0.6) is 11.5 Å². The van der Waals surface area contributed by atoms with Crippen molar-refractivity contribution >= 4 is 23.1 Å². The molecule has 40 heavy (non-hydrogen) atoms. The topological polar surface area (TPSA) is 93.5 Å². The van der Waals surface area contributed by atoms with Crippen LogP contribution >= 0.6 is 0 Å². The molecule has 9 nitrogen and oxygen atoms in total. The number of hydrogen-bond donors (Lipinski definition) is 2. The van der Waals surface area contributed by atoms with E-state index in [0.29, 0.717) is 43.4 Å². The fourth-order valence-electron chi connectivity index (χ4n) is 4.12. The van der Waals surface area contributed by atoms with E-state index in [9.17, 15) is 22.4 Å². The average Bonchev–Trinajstić information content (AvgIpc) is 3.36. The van der Waals surface area contributed by atoms with Gasteiger partial charge >= 0.3 is 12.2 Å². The van der Waals surface area contributed by atoms with E-state index < -0.39 is 23.6 Å². The first-order valence-electron chi connectivity index (χ1n) is 12.2. The third-order valence-corrected chi connectivity index (χ3v) is 6.04. The highest BCUT2D eigenvalue weighted by Gasteiger charge is 2.32. The van der Waals surface area contributed by atoms with E-state index in [4.69, 9.17) is 9.47 Å². The monoisotopic (exact) mass is 556 g/mol. The molecule has 13 heteroatoms. The third-order valence-electron chi connectivity index (χ3n) is 6.04. The summed E-state index contributed by atoms with van der Waals surface area (Å²) in [5, 5.41) is 8.80. The zero-order chi connectivity index (χ0) is 28.3. The maximum Gasteiger partial charge on any atom is 0.416 e. The molecule has 0 bridgehead atoms. The number of rotatable bonds is 6. The Morgan fingerprint density at radius 2 is 1.80 bits per heavy atom. The number of nitrogens with zero attached hydrogens (tertiary/aromatic N) is 4. The lowest BCUT2D eigenvalue weighted by molar-refractivity contribution is -0.137. The Hall–Kier alpha value is -4.65. The molecule has 2 aromatic carbocycles. The number of ether oxygens (including phenoxy) is 2. The first kappa shape index (κ1) is 26.9. The number of amides is 2. The van der Waals surface area contributed by atoms with Crippen LogP contribution in [0.4, 0.5) is 39.4 Å². The molecule has 5 rings (SSSR count). The number of aromatic nitrogens is 3. The van der Waals surface area contributed by atoms with Gasteiger partial charge < -0.3 is 25.0 Å². The highest BCUT2D eigenvalue weighted by molar-refractivity contribution is 6.00. The summed E-state index contributed by atoms with van der Waals surface area (Å²) in [5.74, 6) is -0.223. The smallest absolute Gasteiger partial charge is 0.416 e. The predicted octanol–water partition coefficient (Wildman–Crippen LogP) is 5.91. The maximum absolute atomic E-state index is 14.8. The summed E-state index contributed by atoms with van der Waals surface area (Å²) >= 11 is 0. The number of alkyl halides is 3. The summed E-state index contributed by atoms with van der Waals surface area (Å²) in [6.45, 7) is 1.59. The summed E-state index contributed by atoms with van der Waals surface area (Å²) in [5.41, 5.74) is 0.508. The van der Waals surface area contributed by atoms with Crippen LogP contribution in [0.15, 0.2) is 67.1 Å². The molecule has 0 spiro atoms. The number of hydrogen-bond acceptors (Lipinski definition) is 6. The highest BCUT2D eigenvalue weighted by Crippen LogP contribution is 2.35. The lowest BCUT2D eigenvalue weighted by Gasteiger charge is -2.29. The first-order valence-corrected chi connectivity index (χ1v) is 12.2. The SMILES string of the molecule is Cn1cc(-c2cc(Oc3ccc(NC(=O)Nc4cc(N5CCOCC5)cc(C(F)(F)F)c4)c(F)c3)ccn2)cn1. The van der Waals surface area contributed by atoms with Gasteiger partial charge in [-0.2, -0.15) is 18.3 Å². The molecular weight excluding hydrogens is 532 g/mol. The van der Waals surface area contributed by atoms with Crippen molar-refractivity contribution in [2.24, 2.45) is 7.05 Å². The minimum atomic E-state index is -4.62. The van der Waals surface area contributed by atoms with Gasteiger partial charge in [-0.15, -0.1) is 0 Å². The molecule has 0 saturated carbocycles. The van der Waals surface area contributed by atoms with E-state index in [1.54, 1.807) is 47.4 Å². The number of urea groups is 1. The molecule has 2 N–H and O–H groups in total. The lowest BCUT2D eigenvalue weighted by Crippen LogP contribution is -2.36. The summed E-state index contributed by atoms with van der Waals surface area (Å²) in [6.07, 6.45) is 0.372. The summed E-state index contributed by atoms with van der Waals surface area (Å²) in [4.78, 5) is 18.6. The van der Waals surface area contributed by atoms with Crippen LogP contribution in [0, 0.1) is 5.82 Å². The molecule has 3 heterocycles. The average molecular weight is 557 g/mol. The van der Waals surface area contributed by atoms with Crippen molar-refractivity contribution < 1.29 is 31.8 Å². The largest absolute Gasteiger partial charge is 0.457 e. The van der Waals surface area contributed by atoms with Gasteiger partial charge in [0.15, 0.2) is 0 Å². The zero-order valence-electron chi connectivity index (χ0n) is 21.2. The second-order valence-electron chi connectivity index (χ2n) is 8.97. The van der Waals surface area contributed by atoms with E-state index in [2.05, 4.69) is 20.7 Å². The van der Waals surface area contributed by atoms with Gasteiger partial charge in [0.1, 0.15) is 17.3 Å². The standard InChI is InChI=1S/C27H24F4N6O3/c1-36-16-17(15-33-36)25-14-22(4-5-32-25)40-21-2-3-24(23(28)13-21)35-26(38)34-19-10-18(27(29,30)31)11-20(12-19)37-6-8-39-9-7-37/h2-5,10-16H,6-9H2,1H3,(H2,34,35,38). The normalized spacial score (nSPS) is 13.7. The van der Waals surface area contributed by atoms with Crippen LogP contribution in [-0.4, -0.2) is 47.1 Å². The van der Waals surface area contributed by atoms with E-state index in [1.807, 2.05) is 0 Å². The Morgan fingerprint density at radius 3 is 2.50 bits per heavy atom. The van der Waals surface area contributed by atoms with E-state index in [1.165, 1.54) is 18.2 Å². The quantitative estimate of drug-likeness (QED) is 0.287. The molecule has 2 amide bonds. The third kappa shape index (κ3) is 6.49. The number of morpholine rings is 1. The Labute approximate surface area is 226 Å². The second kappa shape index (κ2) is 11.2. The fourth-order valence-corrected chi connectivity index (χ4v) is 4.12. The molecule has 4 aromatic rings. The molecule has 1 fully saturated rings. The summed E-state index contributed by atoms with van der Waals surface area (Å²) in [6, 6.07) is 9.48. The van der Waals surface area contributed by atoms with Crippen molar-refractivity contribution in [3.05, 3.63) is 78.5 Å². The van der Waals surface area contributed by atoms with Crippen LogP contribution in [0.3, 0.4) is 0 Å². The number of benzene rings is 2. The Bertz CT molecular complexity index is 1520. The second-order valence-corrected chi connectivity index (χ2v) is 8.97.